The number of hydrogen-bond donors (Lipinski definition) is 0. The monoisotopic (exact) mass is 327 g/mol. The Morgan fingerprint density at radius 3 is 3.00 bits per heavy atom. The number of fused-ring (bicyclic) bond motifs is 1. The van der Waals surface area contributed by atoms with Crippen molar-refractivity contribution in [3.63, 3.8) is 0 Å². The Bertz CT molecular complexity index is 638. The molecule has 0 aromatic heterocycles. The first kappa shape index (κ1) is 15.2. The van der Waals surface area contributed by atoms with Gasteiger partial charge in [0.1, 0.15) is 11.2 Å². The van der Waals surface area contributed by atoms with Gasteiger partial charge in [0, 0.05) is 24.0 Å². The van der Waals surface area contributed by atoms with Crippen molar-refractivity contribution in [3.05, 3.63) is 34.6 Å². The van der Waals surface area contributed by atoms with Crippen molar-refractivity contribution in [2.24, 2.45) is 11.3 Å². The quantitative estimate of drug-likeness (QED) is 0.776. The largest absolute Gasteiger partial charge is 0.468 e. The first-order valence-electron chi connectivity index (χ1n) is 6.88. The summed E-state index contributed by atoms with van der Waals surface area (Å²) in [5.74, 6) is -1.63. The minimum absolute atomic E-state index is 0.0894. The van der Waals surface area contributed by atoms with Gasteiger partial charge >= 0.3 is 5.97 Å². The van der Waals surface area contributed by atoms with Gasteiger partial charge in [0.05, 0.1) is 25.9 Å². The molecule has 7 heteroatoms. The van der Waals surface area contributed by atoms with Gasteiger partial charge in [-0.3, -0.25) is 9.59 Å². The molecule has 2 saturated heterocycles. The van der Waals surface area contributed by atoms with Crippen molar-refractivity contribution in [2.75, 3.05) is 33.4 Å². The van der Waals surface area contributed by atoms with Crippen LogP contribution in [0, 0.1) is 17.2 Å². The number of carbonyl (C=O) groups is 2. The number of methoxy groups -OCH3 is 1. The molecule has 0 radical (unpaired) electrons. The first-order chi connectivity index (χ1) is 10.5. The van der Waals surface area contributed by atoms with Crippen LogP contribution in [0.5, 0.6) is 0 Å². The molecule has 2 aliphatic heterocycles. The number of esters is 1. The van der Waals surface area contributed by atoms with E-state index in [0.29, 0.717) is 13.2 Å². The molecule has 0 unspecified atom stereocenters. The summed E-state index contributed by atoms with van der Waals surface area (Å²) in [7, 11) is 1.31. The fourth-order valence-corrected chi connectivity index (χ4v) is 3.39. The van der Waals surface area contributed by atoms with Gasteiger partial charge in [0.25, 0.3) is 5.91 Å². The molecule has 0 spiro atoms. The van der Waals surface area contributed by atoms with E-state index < -0.39 is 23.1 Å². The highest BCUT2D eigenvalue weighted by Crippen LogP contribution is 2.42. The third-order valence-corrected chi connectivity index (χ3v) is 4.65. The maximum absolute atomic E-state index is 13.9. The summed E-state index contributed by atoms with van der Waals surface area (Å²) in [5.41, 5.74) is -0.937. The summed E-state index contributed by atoms with van der Waals surface area (Å²) >= 11 is 5.83. The molecule has 2 aliphatic rings. The van der Waals surface area contributed by atoms with Gasteiger partial charge in [-0.25, -0.2) is 4.39 Å². The van der Waals surface area contributed by atoms with E-state index in [9.17, 15) is 14.0 Å². The number of nitrogens with zero attached hydrogens (tertiary/aromatic N) is 1. The van der Waals surface area contributed by atoms with Crippen molar-refractivity contribution in [1.29, 1.82) is 0 Å². The Labute approximate surface area is 131 Å². The van der Waals surface area contributed by atoms with Crippen LogP contribution in [-0.2, 0) is 14.3 Å². The van der Waals surface area contributed by atoms with E-state index >= 15 is 0 Å². The van der Waals surface area contributed by atoms with Crippen LogP contribution in [0.1, 0.15) is 10.4 Å². The zero-order chi connectivity index (χ0) is 15.9. The Morgan fingerprint density at radius 2 is 2.27 bits per heavy atom. The zero-order valence-electron chi connectivity index (χ0n) is 12.0. The van der Waals surface area contributed by atoms with E-state index in [0.717, 1.165) is 6.07 Å². The van der Waals surface area contributed by atoms with Crippen LogP contribution in [0.2, 0.25) is 5.02 Å². The molecule has 0 saturated carbocycles. The van der Waals surface area contributed by atoms with Crippen molar-refractivity contribution in [2.45, 2.75) is 0 Å². The lowest BCUT2D eigenvalue weighted by molar-refractivity contribution is -0.153. The summed E-state index contributed by atoms with van der Waals surface area (Å²) in [5, 5.41) is 0.287. The Balaban J connectivity index is 1.87. The number of ether oxygens (including phenoxy) is 2. The fraction of sp³-hybridized carbons (Fsp3) is 0.467. The molecule has 2 fully saturated rings. The van der Waals surface area contributed by atoms with Gasteiger partial charge in [0.2, 0.25) is 0 Å². The molecule has 3 rings (SSSR count). The third kappa shape index (κ3) is 2.27. The molecule has 1 amide bonds. The SMILES string of the molecule is COC(=O)[C@@]12COC[C@@H]1CN(C(=O)c1cc(Cl)ccc1F)C2. The van der Waals surface area contributed by atoms with Crippen LogP contribution in [0.3, 0.4) is 0 Å². The maximum Gasteiger partial charge on any atom is 0.316 e. The molecule has 0 aliphatic carbocycles. The number of amides is 1. The highest BCUT2D eigenvalue weighted by atomic mass is 35.5. The van der Waals surface area contributed by atoms with Gasteiger partial charge in [-0.15, -0.1) is 0 Å². The second-order valence-electron chi connectivity index (χ2n) is 5.67. The van der Waals surface area contributed by atoms with E-state index in [1.54, 1.807) is 0 Å². The molecule has 2 heterocycles. The van der Waals surface area contributed by atoms with Crippen LogP contribution in [0.4, 0.5) is 4.39 Å². The third-order valence-electron chi connectivity index (χ3n) is 4.41. The number of halogens is 2. The van der Waals surface area contributed by atoms with E-state index in [2.05, 4.69) is 0 Å². The number of hydrogen-bond acceptors (Lipinski definition) is 4. The van der Waals surface area contributed by atoms with Crippen molar-refractivity contribution in [1.82, 2.24) is 4.90 Å². The molecular weight excluding hydrogens is 313 g/mol. The normalized spacial score (nSPS) is 26.9. The second kappa shape index (κ2) is 5.52. The minimum Gasteiger partial charge on any atom is -0.468 e. The number of carbonyl (C=O) groups excluding carboxylic acids is 2. The van der Waals surface area contributed by atoms with Crippen molar-refractivity contribution >= 4 is 23.5 Å². The molecule has 5 nitrogen and oxygen atoms in total. The van der Waals surface area contributed by atoms with Crippen LogP contribution in [0.15, 0.2) is 18.2 Å². The number of likely N-dealkylation sites (tertiary alicyclic amines) is 1. The zero-order valence-corrected chi connectivity index (χ0v) is 12.7. The fourth-order valence-electron chi connectivity index (χ4n) is 3.21. The lowest BCUT2D eigenvalue weighted by Gasteiger charge is -2.24. The van der Waals surface area contributed by atoms with Crippen LogP contribution >= 0.6 is 11.6 Å². The highest BCUT2D eigenvalue weighted by Gasteiger charge is 2.57. The standard InChI is InChI=1S/C15H15ClFNO4/c1-21-14(20)15-7-18(5-9(15)6-22-8-15)13(19)11-4-10(16)2-3-12(11)17/h2-4,9H,5-8H2,1H3/t9-,15-/m0/s1. The average Bonchev–Trinajstić information content (AvgIpc) is 3.06. The Kier molecular flexibility index (Phi) is 3.82. The van der Waals surface area contributed by atoms with Gasteiger partial charge < -0.3 is 14.4 Å². The molecule has 1 aromatic rings. The van der Waals surface area contributed by atoms with Crippen LogP contribution in [0.25, 0.3) is 0 Å². The molecule has 0 bridgehead atoms. The van der Waals surface area contributed by atoms with E-state index in [4.69, 9.17) is 21.1 Å². The summed E-state index contributed by atoms with van der Waals surface area (Å²) in [6, 6.07) is 3.84. The number of benzene rings is 1. The highest BCUT2D eigenvalue weighted by molar-refractivity contribution is 6.31. The second-order valence-corrected chi connectivity index (χ2v) is 6.11. The van der Waals surface area contributed by atoms with Gasteiger partial charge in [-0.1, -0.05) is 11.6 Å². The molecule has 1 aromatic carbocycles. The van der Waals surface area contributed by atoms with E-state index in [1.165, 1.54) is 24.1 Å². The minimum atomic E-state index is -0.848. The number of rotatable bonds is 2. The molecule has 118 valence electrons. The summed E-state index contributed by atoms with van der Waals surface area (Å²) in [6.07, 6.45) is 0. The first-order valence-corrected chi connectivity index (χ1v) is 7.26. The lowest BCUT2D eigenvalue weighted by Crippen LogP contribution is -2.41. The maximum atomic E-state index is 13.9. The molecule has 2 atom stereocenters. The van der Waals surface area contributed by atoms with Crippen molar-refractivity contribution in [3.8, 4) is 0 Å². The topological polar surface area (TPSA) is 55.8 Å². The Hall–Kier alpha value is -1.66. The van der Waals surface area contributed by atoms with Crippen molar-refractivity contribution < 1.29 is 23.5 Å². The predicted molar refractivity (Wildman–Crippen MR) is 76.1 cm³/mol. The van der Waals surface area contributed by atoms with Gasteiger partial charge in [-0.05, 0) is 18.2 Å². The lowest BCUT2D eigenvalue weighted by atomic mass is 9.81. The van der Waals surface area contributed by atoms with Gasteiger partial charge in [0.15, 0.2) is 0 Å². The molecule has 0 N–H and O–H groups in total. The molecular formula is C15H15ClFNO4. The molecule has 22 heavy (non-hydrogen) atoms. The average molecular weight is 328 g/mol. The Morgan fingerprint density at radius 1 is 1.50 bits per heavy atom. The summed E-state index contributed by atoms with van der Waals surface area (Å²) < 4.78 is 24.1. The van der Waals surface area contributed by atoms with Gasteiger partial charge in [-0.2, -0.15) is 0 Å². The van der Waals surface area contributed by atoms with E-state index in [-0.39, 0.29) is 29.7 Å². The van der Waals surface area contributed by atoms with Crippen LogP contribution in [-0.4, -0.2) is 50.2 Å². The predicted octanol–water partition coefficient (Wildman–Crippen LogP) is 1.74. The summed E-state index contributed by atoms with van der Waals surface area (Å²) in [4.78, 5) is 26.1. The van der Waals surface area contributed by atoms with Crippen LogP contribution < -0.4 is 0 Å². The van der Waals surface area contributed by atoms with E-state index in [1.807, 2.05) is 0 Å². The smallest absolute Gasteiger partial charge is 0.316 e. The summed E-state index contributed by atoms with van der Waals surface area (Å²) in [6.45, 7) is 1.10.